The van der Waals surface area contributed by atoms with Gasteiger partial charge in [-0.25, -0.2) is 0 Å². The van der Waals surface area contributed by atoms with Crippen molar-refractivity contribution in [1.82, 2.24) is 0 Å². The number of carbonyl (C=O) groups is 1. The van der Waals surface area contributed by atoms with Crippen LogP contribution in [-0.2, 0) is 11.3 Å². The molecule has 178 valence electrons. The van der Waals surface area contributed by atoms with Gasteiger partial charge < -0.3 is 0 Å². The van der Waals surface area contributed by atoms with E-state index in [9.17, 15) is 9.90 Å². The molecule has 3 aromatic rings. The third-order valence-corrected chi connectivity index (χ3v) is 9.25. The molecule has 0 unspecified atom stereocenters. The summed E-state index contributed by atoms with van der Waals surface area (Å²) in [4.78, 5) is 14.6. The summed E-state index contributed by atoms with van der Waals surface area (Å²) in [5.41, 5.74) is 4.29. The zero-order valence-corrected chi connectivity index (χ0v) is 22.6. The average molecular weight is 545 g/mol. The number of aryl methyl sites for hydroxylation is 2. The van der Waals surface area contributed by atoms with E-state index in [4.69, 9.17) is 9.47 Å². The molecule has 1 aromatic heterocycles. The first-order valence-electron chi connectivity index (χ1n) is 11.2. The SMILES string of the molecule is CCC(/C=C1\Sc2cc(OC)c(C)cc2N1CC(=O)O)=C\c1[se]c2ccc(OC)cc2[n+]1CC. The number of thioether (sulfide) groups is 1. The fourth-order valence-electron chi connectivity index (χ4n) is 4.06. The normalized spacial score (nSPS) is 14.7. The molecule has 2 heterocycles. The second-order valence-electron chi connectivity index (χ2n) is 7.95. The molecule has 0 saturated carbocycles. The molecule has 6 nitrogen and oxygen atoms in total. The van der Waals surface area contributed by atoms with Crippen LogP contribution in [0.3, 0.4) is 0 Å². The number of aromatic nitrogens is 1. The molecule has 0 radical (unpaired) electrons. The van der Waals surface area contributed by atoms with Crippen molar-refractivity contribution < 1.29 is 23.9 Å². The topological polar surface area (TPSA) is 62.9 Å². The summed E-state index contributed by atoms with van der Waals surface area (Å²) < 4.78 is 15.9. The van der Waals surface area contributed by atoms with Crippen molar-refractivity contribution in [2.45, 2.75) is 38.6 Å². The first kappa shape index (κ1) is 24.5. The van der Waals surface area contributed by atoms with Crippen LogP contribution < -0.4 is 18.9 Å². The minimum atomic E-state index is -0.857. The number of hydrogen-bond acceptors (Lipinski definition) is 5. The van der Waals surface area contributed by atoms with Crippen LogP contribution in [0, 0.1) is 6.92 Å². The van der Waals surface area contributed by atoms with Crippen molar-refractivity contribution in [3.8, 4) is 11.5 Å². The van der Waals surface area contributed by atoms with E-state index in [1.165, 1.54) is 19.9 Å². The molecular weight excluding hydrogens is 515 g/mol. The van der Waals surface area contributed by atoms with Gasteiger partial charge in [-0.2, -0.15) is 0 Å². The molecule has 34 heavy (non-hydrogen) atoms. The Hall–Kier alpha value is -2.67. The molecular formula is C26H29N2O4SSe+. The van der Waals surface area contributed by atoms with E-state index in [-0.39, 0.29) is 21.0 Å². The van der Waals surface area contributed by atoms with Gasteiger partial charge in [0.25, 0.3) is 0 Å². The molecule has 0 saturated heterocycles. The molecule has 0 atom stereocenters. The third kappa shape index (κ3) is 4.76. The van der Waals surface area contributed by atoms with Crippen molar-refractivity contribution in [2.24, 2.45) is 0 Å². The summed E-state index contributed by atoms with van der Waals surface area (Å²) in [6, 6.07) is 10.3. The van der Waals surface area contributed by atoms with Crippen molar-refractivity contribution in [3.63, 3.8) is 0 Å². The molecule has 0 amide bonds. The van der Waals surface area contributed by atoms with Crippen LogP contribution in [0.1, 0.15) is 30.4 Å². The Morgan fingerprint density at radius 2 is 2.00 bits per heavy atom. The number of hydrogen-bond donors (Lipinski definition) is 1. The Labute approximate surface area is 210 Å². The standard InChI is InChI=1S/C26H28N2O4SSe/c1-6-17(12-25-27(7-2)20-13-18(31-4)8-9-23(20)34-25)11-24-28(15-26(29)30)19-10-16(3)21(32-5)14-22(19)33-24/h8-14H,6-7,15H2,1-5H3/p+1. The van der Waals surface area contributed by atoms with E-state index in [0.717, 1.165) is 45.6 Å². The van der Waals surface area contributed by atoms with Crippen LogP contribution in [0.25, 0.3) is 15.9 Å². The van der Waals surface area contributed by atoms with Gasteiger partial charge in [0, 0.05) is 0 Å². The molecule has 1 aliphatic heterocycles. The summed E-state index contributed by atoms with van der Waals surface area (Å²) in [5.74, 6) is 0.821. The predicted octanol–water partition coefficient (Wildman–Crippen LogP) is 4.86. The van der Waals surface area contributed by atoms with Crippen molar-refractivity contribution >= 4 is 53.8 Å². The molecule has 0 fully saturated rings. The van der Waals surface area contributed by atoms with Crippen molar-refractivity contribution in [3.05, 3.63) is 57.1 Å². The number of rotatable bonds is 8. The van der Waals surface area contributed by atoms with Gasteiger partial charge in [-0.05, 0) is 0 Å². The zero-order valence-electron chi connectivity index (χ0n) is 20.0. The van der Waals surface area contributed by atoms with Gasteiger partial charge in [0.2, 0.25) is 0 Å². The molecule has 2 aromatic carbocycles. The molecule has 0 aliphatic carbocycles. The fourth-order valence-corrected chi connectivity index (χ4v) is 7.69. The van der Waals surface area contributed by atoms with Crippen LogP contribution in [0.5, 0.6) is 11.5 Å². The first-order chi connectivity index (χ1) is 16.4. The summed E-state index contributed by atoms with van der Waals surface area (Å²) in [6.45, 7) is 7.08. The first-order valence-corrected chi connectivity index (χ1v) is 13.7. The number of methoxy groups -OCH3 is 2. The molecule has 0 bridgehead atoms. The molecule has 8 heteroatoms. The van der Waals surface area contributed by atoms with E-state index >= 15 is 0 Å². The van der Waals surface area contributed by atoms with Crippen LogP contribution in [0.15, 0.2) is 51.9 Å². The Kier molecular flexibility index (Phi) is 7.41. The van der Waals surface area contributed by atoms with Gasteiger partial charge in [0.1, 0.15) is 0 Å². The van der Waals surface area contributed by atoms with Gasteiger partial charge in [0.05, 0.1) is 0 Å². The van der Waals surface area contributed by atoms with E-state index in [2.05, 4.69) is 42.7 Å². The minimum absolute atomic E-state index is 0.0819. The van der Waals surface area contributed by atoms with E-state index in [1.54, 1.807) is 26.0 Å². The maximum atomic E-state index is 11.7. The summed E-state index contributed by atoms with van der Waals surface area (Å²) in [5, 5.41) is 10.5. The van der Waals surface area contributed by atoms with Crippen molar-refractivity contribution in [2.75, 3.05) is 25.7 Å². The number of fused-ring (bicyclic) bond motifs is 2. The van der Waals surface area contributed by atoms with Gasteiger partial charge >= 0.3 is 211 Å². The van der Waals surface area contributed by atoms with E-state index in [1.807, 2.05) is 30.0 Å². The number of allylic oxidation sites excluding steroid dienone is 2. The number of carboxylic acids is 1. The van der Waals surface area contributed by atoms with E-state index < -0.39 is 5.97 Å². The Balaban J connectivity index is 1.77. The van der Waals surface area contributed by atoms with Crippen LogP contribution in [0.2, 0.25) is 0 Å². The molecule has 1 aliphatic rings. The number of ether oxygens (including phenoxy) is 2. The van der Waals surface area contributed by atoms with Crippen LogP contribution in [-0.4, -0.2) is 46.3 Å². The monoisotopic (exact) mass is 545 g/mol. The number of aliphatic carboxylic acids is 1. The number of carboxylic acid groups (broad SMARTS) is 1. The Morgan fingerprint density at radius 1 is 1.21 bits per heavy atom. The van der Waals surface area contributed by atoms with Crippen LogP contribution >= 0.6 is 11.8 Å². The summed E-state index contributed by atoms with van der Waals surface area (Å²) >= 11 is 1.80. The fraction of sp³-hybridized carbons (Fsp3) is 0.308. The van der Waals surface area contributed by atoms with Gasteiger partial charge in [-0.3, -0.25) is 0 Å². The van der Waals surface area contributed by atoms with E-state index in [0.29, 0.717) is 0 Å². The summed E-state index contributed by atoms with van der Waals surface area (Å²) in [7, 11) is 3.35. The Morgan fingerprint density at radius 3 is 2.65 bits per heavy atom. The van der Waals surface area contributed by atoms with Gasteiger partial charge in [-0.1, -0.05) is 0 Å². The molecule has 4 rings (SSSR count). The van der Waals surface area contributed by atoms with Crippen molar-refractivity contribution in [1.29, 1.82) is 0 Å². The zero-order chi connectivity index (χ0) is 24.4. The number of nitrogens with zero attached hydrogens (tertiary/aromatic N) is 2. The van der Waals surface area contributed by atoms with Gasteiger partial charge in [0.15, 0.2) is 0 Å². The average Bonchev–Trinajstić information content (AvgIpc) is 3.33. The molecule has 1 N–H and O–H groups in total. The number of benzene rings is 2. The van der Waals surface area contributed by atoms with Gasteiger partial charge in [-0.15, -0.1) is 0 Å². The predicted molar refractivity (Wildman–Crippen MR) is 138 cm³/mol. The quantitative estimate of drug-likeness (QED) is 0.323. The molecule has 0 spiro atoms. The second-order valence-corrected chi connectivity index (χ2v) is 11.2. The second kappa shape index (κ2) is 10.3. The summed E-state index contributed by atoms with van der Waals surface area (Å²) in [6.07, 6.45) is 5.26. The van der Waals surface area contributed by atoms with Crippen LogP contribution in [0.4, 0.5) is 5.69 Å². The third-order valence-electron chi connectivity index (χ3n) is 5.82. The Bertz CT molecular complexity index is 1310. The maximum absolute atomic E-state index is 11.7. The number of anilines is 1.